The molecule has 0 radical (unpaired) electrons. The lowest BCUT2D eigenvalue weighted by atomic mass is 10.1. The molecule has 0 atom stereocenters. The molecule has 0 aliphatic rings. The van der Waals surface area contributed by atoms with Gasteiger partial charge in [0, 0.05) is 18.7 Å². The minimum Gasteiger partial charge on any atom is -0.497 e. The minimum atomic E-state index is -0.190. The zero-order valence-corrected chi connectivity index (χ0v) is 19.8. The summed E-state index contributed by atoms with van der Waals surface area (Å²) in [6, 6.07) is 20.6. The third-order valence-corrected chi connectivity index (χ3v) is 5.23. The van der Waals surface area contributed by atoms with E-state index in [1.165, 1.54) is 0 Å². The summed E-state index contributed by atoms with van der Waals surface area (Å²) in [6.07, 6.45) is 0. The van der Waals surface area contributed by atoms with Gasteiger partial charge in [-0.3, -0.25) is 9.59 Å². The molecule has 0 saturated carbocycles. The van der Waals surface area contributed by atoms with Gasteiger partial charge in [0.05, 0.1) is 13.7 Å². The number of benzene rings is 2. The predicted molar refractivity (Wildman–Crippen MR) is 128 cm³/mol. The quantitative estimate of drug-likeness (QED) is 0.441. The van der Waals surface area contributed by atoms with Crippen LogP contribution in [0.15, 0.2) is 71.1 Å². The van der Waals surface area contributed by atoms with Crippen LogP contribution in [0.25, 0.3) is 0 Å². The van der Waals surface area contributed by atoms with Crippen LogP contribution in [0.1, 0.15) is 41.3 Å². The van der Waals surface area contributed by atoms with Gasteiger partial charge in [0.15, 0.2) is 0 Å². The Bertz CT molecular complexity index is 1060. The lowest BCUT2D eigenvalue weighted by molar-refractivity contribution is -0.133. The monoisotopic (exact) mass is 448 g/mol. The van der Waals surface area contributed by atoms with Gasteiger partial charge in [0.2, 0.25) is 5.91 Å². The highest BCUT2D eigenvalue weighted by molar-refractivity contribution is 5.96. The summed E-state index contributed by atoms with van der Waals surface area (Å²) in [7, 11) is 1.57. The molecule has 0 aliphatic carbocycles. The molecule has 2 amide bonds. The maximum Gasteiger partial charge on any atom is 0.254 e. The zero-order valence-electron chi connectivity index (χ0n) is 19.8. The van der Waals surface area contributed by atoms with E-state index in [2.05, 4.69) is 0 Å². The number of hydrogen-bond donors (Lipinski definition) is 0. The van der Waals surface area contributed by atoms with Gasteiger partial charge in [-0.2, -0.15) is 0 Å². The van der Waals surface area contributed by atoms with E-state index < -0.39 is 0 Å². The molecule has 174 valence electrons. The number of nitrogens with zero attached hydrogens (tertiary/aromatic N) is 2. The number of carbonyl (C=O) groups excluding carboxylic acids is 2. The SMILES string of the molecule is COc1cccc(C(=O)N(CC(=O)N(Cc2ccccc2)Cc2ccc(C)o2)CC(C)C)c1. The summed E-state index contributed by atoms with van der Waals surface area (Å²) < 4.78 is 11.0. The Kier molecular flexibility index (Phi) is 8.30. The van der Waals surface area contributed by atoms with Crippen molar-refractivity contribution < 1.29 is 18.7 Å². The maximum absolute atomic E-state index is 13.5. The molecule has 3 rings (SSSR count). The van der Waals surface area contributed by atoms with E-state index in [9.17, 15) is 9.59 Å². The molecule has 33 heavy (non-hydrogen) atoms. The van der Waals surface area contributed by atoms with Crippen molar-refractivity contribution in [2.75, 3.05) is 20.2 Å². The molecule has 6 heteroatoms. The number of carbonyl (C=O) groups is 2. The van der Waals surface area contributed by atoms with Crippen LogP contribution in [0.3, 0.4) is 0 Å². The highest BCUT2D eigenvalue weighted by Crippen LogP contribution is 2.17. The third kappa shape index (κ3) is 6.97. The Morgan fingerprint density at radius 1 is 0.939 bits per heavy atom. The van der Waals surface area contributed by atoms with Gasteiger partial charge in [0.25, 0.3) is 5.91 Å². The fourth-order valence-corrected chi connectivity index (χ4v) is 3.66. The van der Waals surface area contributed by atoms with Crippen molar-refractivity contribution >= 4 is 11.8 Å². The number of methoxy groups -OCH3 is 1. The van der Waals surface area contributed by atoms with Crippen molar-refractivity contribution in [3.05, 3.63) is 89.4 Å². The van der Waals surface area contributed by atoms with Gasteiger partial charge in [-0.1, -0.05) is 50.2 Å². The van der Waals surface area contributed by atoms with Crippen molar-refractivity contribution in [1.29, 1.82) is 0 Å². The van der Waals surface area contributed by atoms with E-state index in [0.717, 1.165) is 11.3 Å². The highest BCUT2D eigenvalue weighted by Gasteiger charge is 2.24. The third-order valence-electron chi connectivity index (χ3n) is 5.23. The number of ether oxygens (including phenoxy) is 1. The molecule has 0 spiro atoms. The van der Waals surface area contributed by atoms with Crippen LogP contribution in [0.4, 0.5) is 0 Å². The molecule has 0 bridgehead atoms. The number of rotatable bonds is 10. The summed E-state index contributed by atoms with van der Waals surface area (Å²) in [5.41, 5.74) is 1.52. The average Bonchev–Trinajstić information content (AvgIpc) is 3.22. The molecule has 0 fully saturated rings. The van der Waals surface area contributed by atoms with E-state index in [0.29, 0.717) is 36.7 Å². The second-order valence-electron chi connectivity index (χ2n) is 8.56. The molecule has 0 unspecified atom stereocenters. The van der Waals surface area contributed by atoms with Crippen LogP contribution in [0, 0.1) is 12.8 Å². The molecule has 1 heterocycles. The summed E-state index contributed by atoms with van der Waals surface area (Å²) >= 11 is 0. The fraction of sp³-hybridized carbons (Fsp3) is 0.333. The number of amides is 2. The first kappa shape index (κ1) is 24.1. The summed E-state index contributed by atoms with van der Waals surface area (Å²) in [6.45, 7) is 7.17. The van der Waals surface area contributed by atoms with Gasteiger partial charge in [-0.05, 0) is 48.7 Å². The molecular weight excluding hydrogens is 416 g/mol. The molecule has 0 N–H and O–H groups in total. The van der Waals surface area contributed by atoms with Crippen LogP contribution in [-0.2, 0) is 17.9 Å². The smallest absolute Gasteiger partial charge is 0.254 e. The molecule has 0 aliphatic heterocycles. The lowest BCUT2D eigenvalue weighted by Crippen LogP contribution is -2.43. The fourth-order valence-electron chi connectivity index (χ4n) is 3.66. The van der Waals surface area contributed by atoms with Crippen LogP contribution >= 0.6 is 0 Å². The predicted octanol–water partition coefficient (Wildman–Crippen LogP) is 4.92. The summed E-state index contributed by atoms with van der Waals surface area (Å²) in [4.78, 5) is 30.1. The van der Waals surface area contributed by atoms with E-state index >= 15 is 0 Å². The Morgan fingerprint density at radius 3 is 2.33 bits per heavy atom. The number of hydrogen-bond acceptors (Lipinski definition) is 4. The van der Waals surface area contributed by atoms with Crippen LogP contribution in [-0.4, -0.2) is 41.8 Å². The normalized spacial score (nSPS) is 10.8. The lowest BCUT2D eigenvalue weighted by Gasteiger charge is -2.28. The van der Waals surface area contributed by atoms with Gasteiger partial charge in [-0.15, -0.1) is 0 Å². The molecular formula is C27H32N2O4. The van der Waals surface area contributed by atoms with Crippen molar-refractivity contribution in [2.45, 2.75) is 33.9 Å². The number of aryl methyl sites for hydroxylation is 1. The largest absolute Gasteiger partial charge is 0.497 e. The van der Waals surface area contributed by atoms with Crippen LogP contribution < -0.4 is 4.74 Å². The van der Waals surface area contributed by atoms with Gasteiger partial charge in [0.1, 0.15) is 23.8 Å². The topological polar surface area (TPSA) is 63.0 Å². The van der Waals surface area contributed by atoms with Crippen LogP contribution in [0.2, 0.25) is 0 Å². The molecule has 6 nitrogen and oxygen atoms in total. The van der Waals surface area contributed by atoms with Gasteiger partial charge < -0.3 is 19.0 Å². The van der Waals surface area contributed by atoms with Crippen molar-refractivity contribution in [2.24, 2.45) is 5.92 Å². The first-order valence-electron chi connectivity index (χ1n) is 11.2. The first-order valence-corrected chi connectivity index (χ1v) is 11.2. The van der Waals surface area contributed by atoms with E-state index in [-0.39, 0.29) is 24.3 Å². The van der Waals surface area contributed by atoms with Gasteiger partial charge in [-0.25, -0.2) is 0 Å². The Labute approximate surface area is 195 Å². The maximum atomic E-state index is 13.5. The first-order chi connectivity index (χ1) is 15.9. The van der Waals surface area contributed by atoms with Crippen molar-refractivity contribution in [3.63, 3.8) is 0 Å². The zero-order chi connectivity index (χ0) is 23.8. The average molecular weight is 449 g/mol. The van der Waals surface area contributed by atoms with E-state index in [1.54, 1.807) is 41.2 Å². The van der Waals surface area contributed by atoms with E-state index in [1.807, 2.05) is 63.2 Å². The summed E-state index contributed by atoms with van der Waals surface area (Å²) in [5, 5.41) is 0. The highest BCUT2D eigenvalue weighted by atomic mass is 16.5. The standard InChI is InChI=1S/C27H32N2O4/c1-20(2)16-29(27(31)23-11-8-12-24(15-23)32-4)19-26(30)28(17-22-9-6-5-7-10-22)18-25-14-13-21(3)33-25/h5-15,20H,16-19H2,1-4H3. The van der Waals surface area contributed by atoms with Crippen LogP contribution in [0.5, 0.6) is 5.75 Å². The molecule has 1 aromatic heterocycles. The minimum absolute atomic E-state index is 0.0131. The van der Waals surface area contributed by atoms with Crippen molar-refractivity contribution in [3.8, 4) is 5.75 Å². The summed E-state index contributed by atoms with van der Waals surface area (Å²) in [5.74, 6) is 2.01. The Hall–Kier alpha value is -3.54. The second kappa shape index (κ2) is 11.4. The van der Waals surface area contributed by atoms with Crippen molar-refractivity contribution in [1.82, 2.24) is 9.80 Å². The molecule has 3 aromatic rings. The Morgan fingerprint density at radius 2 is 1.70 bits per heavy atom. The van der Waals surface area contributed by atoms with Gasteiger partial charge >= 0.3 is 0 Å². The number of furan rings is 1. The molecule has 2 aromatic carbocycles. The van der Waals surface area contributed by atoms with E-state index in [4.69, 9.17) is 9.15 Å². The Balaban J connectivity index is 1.82. The molecule has 0 saturated heterocycles. The second-order valence-corrected chi connectivity index (χ2v) is 8.56.